The molecule has 94 heavy (non-hydrogen) atoms. The van der Waals surface area contributed by atoms with Gasteiger partial charge in [0, 0.05) is 65.5 Å². The monoisotopic (exact) mass is 1280 g/mol. The number of nitrogens with one attached hydrogen (secondary N) is 2. The molecule has 6 aliphatic rings. The number of carbonyl (C=O) groups excluding carboxylic acids is 8. The Labute approximate surface area is 536 Å². The third kappa shape index (κ3) is 10.7. The van der Waals surface area contributed by atoms with E-state index in [1.165, 1.54) is 107 Å². The number of hydrogen-bond donors (Lipinski definition) is 6. The van der Waals surface area contributed by atoms with Crippen molar-refractivity contribution >= 4 is 64.4 Å². The molecule has 2 saturated carbocycles. The fourth-order valence-corrected chi connectivity index (χ4v) is 14.6. The van der Waals surface area contributed by atoms with Gasteiger partial charge in [-0.2, -0.15) is 0 Å². The van der Waals surface area contributed by atoms with E-state index in [-0.39, 0.29) is 56.1 Å². The number of phenols is 1. The Hall–Kier alpha value is -10.4. The second-order valence-corrected chi connectivity index (χ2v) is 24.6. The van der Waals surface area contributed by atoms with Crippen LogP contribution in [0.3, 0.4) is 0 Å². The van der Waals surface area contributed by atoms with E-state index < -0.39 is 155 Å². The standard InChI is InChI=1S/C71H66N2O21/c1-36-52(92-66(86)58(77)57(39-17-11-8-12-18-39)73-60(79)40-19-13-9-14-20-40)33-70(87)69(6)56(36)55(65(85)88-7)59(78)68(5)53(71(69,70)94-64(84)41-21-15-10-16-22-41)35-90-45(34-89-38(3)74)32-67(68,4)93-63(83)37(2)72-61(80)42-23-26-46(49(29-42)62(81)82)54-47-27-24-43(75)30-50(47)91-51-31-44(76)25-28-48(51)54/h8-31,37,45,52-53,55,57-58,75,77,87H,32-35H2,1-7H3,(H,72,80)(H,73,79)(H,81,82)/t37?,45-,52?,53-,55-,57?,58?,67?,68-,69+,70?,71+/m1/s1. The maximum absolute atomic E-state index is 16.6. The summed E-state index contributed by atoms with van der Waals surface area (Å²) in [6.45, 7) is 6.82. The highest BCUT2D eigenvalue weighted by Crippen LogP contribution is 2.83. The van der Waals surface area contributed by atoms with Gasteiger partial charge in [-0.3, -0.25) is 28.8 Å². The number of ketones is 1. The van der Waals surface area contributed by atoms with Gasteiger partial charge >= 0.3 is 35.8 Å². The van der Waals surface area contributed by atoms with Gasteiger partial charge in [-0.15, -0.1) is 0 Å². The highest BCUT2D eigenvalue weighted by molar-refractivity contribution is 6.10. The number of carboxylic acids is 1. The second-order valence-electron chi connectivity index (χ2n) is 24.6. The number of amides is 2. The first-order valence-corrected chi connectivity index (χ1v) is 30.1. The molecule has 4 aliphatic carbocycles. The minimum atomic E-state index is -2.47. The highest BCUT2D eigenvalue weighted by atomic mass is 16.6. The maximum Gasteiger partial charge on any atom is 0.338 e. The van der Waals surface area contributed by atoms with Crippen LogP contribution >= 0.6 is 0 Å². The van der Waals surface area contributed by atoms with Crippen molar-refractivity contribution in [2.24, 2.45) is 22.7 Å². The number of ether oxygens (including phenoxy) is 6. The van der Waals surface area contributed by atoms with E-state index in [2.05, 4.69) is 10.6 Å². The molecule has 486 valence electrons. The van der Waals surface area contributed by atoms with Gasteiger partial charge in [0.2, 0.25) is 0 Å². The number of benzene rings is 6. The Morgan fingerprint density at radius 2 is 1.37 bits per heavy atom. The van der Waals surface area contributed by atoms with Crippen LogP contribution in [0.1, 0.15) is 107 Å². The molecule has 11 rings (SSSR count). The average Bonchev–Trinajstić information content (AvgIpc) is 1.43. The van der Waals surface area contributed by atoms with E-state index in [0.717, 1.165) is 20.1 Å². The molecule has 5 aromatic carbocycles. The van der Waals surface area contributed by atoms with Gasteiger partial charge in [0.15, 0.2) is 22.9 Å². The van der Waals surface area contributed by atoms with Crippen LogP contribution < -0.4 is 16.1 Å². The van der Waals surface area contributed by atoms with E-state index in [1.807, 2.05) is 0 Å². The van der Waals surface area contributed by atoms with Crippen molar-refractivity contribution in [1.29, 1.82) is 0 Å². The van der Waals surface area contributed by atoms with Crippen molar-refractivity contribution in [3.05, 3.63) is 195 Å². The number of phenolic OH excluding ortho intramolecular Hbond substituents is 1. The van der Waals surface area contributed by atoms with Gasteiger partial charge in [-0.05, 0) is 118 Å². The molecule has 5 aromatic rings. The molecule has 3 fully saturated rings. The fourth-order valence-electron chi connectivity index (χ4n) is 14.6. The van der Waals surface area contributed by atoms with Gasteiger partial charge in [0.05, 0.1) is 47.8 Å². The lowest BCUT2D eigenvalue weighted by molar-refractivity contribution is -0.196. The summed E-state index contributed by atoms with van der Waals surface area (Å²) in [7, 11) is 1.00. The topological polar surface area (TPSA) is 344 Å². The van der Waals surface area contributed by atoms with Crippen LogP contribution in [-0.4, -0.2) is 135 Å². The molecule has 23 nitrogen and oxygen atoms in total. The van der Waals surface area contributed by atoms with Gasteiger partial charge in [0.25, 0.3) is 11.8 Å². The number of aliphatic hydroxyl groups is 2. The van der Waals surface area contributed by atoms with E-state index in [9.17, 15) is 58.8 Å². The van der Waals surface area contributed by atoms with Crippen molar-refractivity contribution in [2.75, 3.05) is 20.3 Å². The van der Waals surface area contributed by atoms with Crippen LogP contribution in [0.15, 0.2) is 166 Å². The lowest BCUT2D eigenvalue weighted by Gasteiger charge is -2.50. The SMILES string of the molecule is COC(=O)[C@H]1C(=O)[C@@]2(C)[C@@H](CO[C@@H](COC(C)=O)CC2(C)OC(=O)C(C)NC(=O)c2ccc(-c3c4ccc(=O)cc-4oc4cc(O)ccc34)c(C(=O)O)c2)[C@@]2(OC(=O)c3ccccc3)C3(O)CC(OC(=O)C(O)C(NC(=O)c4ccccc4)c4ccccc4)C(C)=C1[C@@]32C. The number of aromatic carboxylic acids is 1. The summed E-state index contributed by atoms with van der Waals surface area (Å²) in [4.78, 5) is 142. The number of fused-ring (bicyclic) bond motifs is 5. The van der Waals surface area contributed by atoms with Gasteiger partial charge in [0.1, 0.15) is 53.0 Å². The summed E-state index contributed by atoms with van der Waals surface area (Å²) in [5.41, 5.74) is -11.5. The summed E-state index contributed by atoms with van der Waals surface area (Å²) in [5.74, 6) is -13.5. The van der Waals surface area contributed by atoms with E-state index in [1.54, 1.807) is 66.7 Å². The molecule has 0 radical (unpaired) electrons. The number of rotatable bonds is 17. The number of esters is 5. The Bertz CT molecular complexity index is 4320. The number of carboxylic acid groups (broad SMARTS) is 1. The van der Waals surface area contributed by atoms with E-state index in [0.29, 0.717) is 22.1 Å². The Morgan fingerprint density at radius 3 is 2.02 bits per heavy atom. The third-order valence-electron chi connectivity index (χ3n) is 19.5. The zero-order chi connectivity index (χ0) is 67.6. The van der Waals surface area contributed by atoms with Crippen molar-refractivity contribution in [3.8, 4) is 28.2 Å². The van der Waals surface area contributed by atoms with Crippen molar-refractivity contribution < 1.29 is 96.4 Å². The number of carbonyl (C=O) groups is 9. The van der Waals surface area contributed by atoms with Gasteiger partial charge in [-0.1, -0.05) is 72.8 Å². The largest absolute Gasteiger partial charge is 0.508 e. The maximum atomic E-state index is 16.6. The Morgan fingerprint density at radius 1 is 0.734 bits per heavy atom. The summed E-state index contributed by atoms with van der Waals surface area (Å²) in [6.07, 6.45) is -6.15. The number of Topliss-reactive ketones (excluding diaryl/α,β-unsaturated/α-hetero) is 1. The van der Waals surface area contributed by atoms with Gasteiger partial charge in [-0.25, -0.2) is 19.2 Å². The molecule has 2 aliphatic heterocycles. The quantitative estimate of drug-likeness (QED) is 0.0172. The van der Waals surface area contributed by atoms with E-state index in [4.69, 9.17) is 32.8 Å². The number of hydrogen-bond acceptors (Lipinski definition) is 20. The van der Waals surface area contributed by atoms with Crippen molar-refractivity contribution in [2.45, 2.75) is 102 Å². The molecule has 6 N–H and O–H groups in total. The van der Waals surface area contributed by atoms with Gasteiger partial charge < -0.3 is 63.9 Å². The molecule has 0 aromatic heterocycles. The Balaban J connectivity index is 0.983. The average molecular weight is 1280 g/mol. The van der Waals surface area contributed by atoms with Crippen molar-refractivity contribution in [1.82, 2.24) is 10.6 Å². The fraction of sp³-hybridized carbons (Fsp3) is 0.324. The molecular formula is C71H66N2O21. The zero-order valence-corrected chi connectivity index (χ0v) is 52.0. The molecule has 2 amide bonds. The first-order valence-electron chi connectivity index (χ1n) is 30.1. The normalized spacial score (nSPS) is 26.1. The molecule has 23 heteroatoms. The van der Waals surface area contributed by atoms with Crippen LogP contribution in [0, 0.1) is 22.7 Å². The van der Waals surface area contributed by atoms with Crippen LogP contribution in [0.25, 0.3) is 33.4 Å². The minimum absolute atomic E-state index is 0.000588. The molecule has 1 saturated heterocycles. The highest BCUT2D eigenvalue weighted by Gasteiger charge is 2.97. The smallest absolute Gasteiger partial charge is 0.338 e. The summed E-state index contributed by atoms with van der Waals surface area (Å²) in [6, 6.07) is 32.5. The predicted molar refractivity (Wildman–Crippen MR) is 332 cm³/mol. The molecular weight excluding hydrogens is 1220 g/mol. The van der Waals surface area contributed by atoms with Crippen LogP contribution in [-0.2, 0) is 52.4 Å². The summed E-state index contributed by atoms with van der Waals surface area (Å²) in [5, 5.41) is 52.6. The summed E-state index contributed by atoms with van der Waals surface area (Å²) >= 11 is 0. The summed E-state index contributed by atoms with van der Waals surface area (Å²) < 4.78 is 42.9. The Kier molecular flexibility index (Phi) is 17.0. The second kappa shape index (κ2) is 24.6. The minimum Gasteiger partial charge on any atom is -0.508 e. The number of aromatic hydroxyl groups is 1. The first kappa shape index (κ1) is 65.1. The van der Waals surface area contributed by atoms with E-state index >= 15 is 9.59 Å². The lowest BCUT2D eigenvalue weighted by atomic mass is 9.57. The van der Waals surface area contributed by atoms with Crippen LogP contribution in [0.2, 0.25) is 0 Å². The number of methoxy groups -OCH3 is 1. The van der Waals surface area contributed by atoms with Crippen LogP contribution in [0.4, 0.5) is 0 Å². The predicted octanol–water partition coefficient (Wildman–Crippen LogP) is 7.25. The molecule has 0 spiro atoms. The molecule has 2 heterocycles. The molecule has 0 bridgehead atoms. The third-order valence-corrected chi connectivity index (χ3v) is 19.5. The number of aliphatic hydroxyl groups excluding tert-OH is 1. The lowest BCUT2D eigenvalue weighted by Crippen LogP contribution is -2.63. The zero-order valence-electron chi connectivity index (χ0n) is 52.0. The van der Waals surface area contributed by atoms with Crippen molar-refractivity contribution in [3.63, 3.8) is 0 Å². The first-order chi connectivity index (χ1) is 44.6. The van der Waals surface area contributed by atoms with Crippen LogP contribution in [0.5, 0.6) is 5.75 Å². The molecule has 12 atom stereocenters. The molecule has 6 unspecified atom stereocenters.